The Morgan fingerprint density at radius 1 is 1.07 bits per heavy atom. The van der Waals surface area contributed by atoms with Crippen LogP contribution in [0.25, 0.3) is 0 Å². The Labute approximate surface area is 167 Å². The molecule has 2 aromatic rings. The van der Waals surface area contributed by atoms with E-state index >= 15 is 0 Å². The Bertz CT molecular complexity index is 784. The van der Waals surface area contributed by atoms with Crippen molar-refractivity contribution in [3.05, 3.63) is 58.1 Å². The number of hydrogen-bond acceptors (Lipinski definition) is 5. The lowest BCUT2D eigenvalue weighted by Crippen LogP contribution is -2.18. The fourth-order valence-corrected chi connectivity index (χ4v) is 2.70. The lowest BCUT2D eigenvalue weighted by Gasteiger charge is -2.10. The first-order valence-electron chi connectivity index (χ1n) is 8.78. The van der Waals surface area contributed by atoms with Gasteiger partial charge in [0.15, 0.2) is 6.61 Å². The van der Waals surface area contributed by atoms with E-state index in [0.29, 0.717) is 23.7 Å². The van der Waals surface area contributed by atoms with E-state index in [1.165, 1.54) is 5.56 Å². The van der Waals surface area contributed by atoms with E-state index in [9.17, 15) is 9.59 Å². The molecule has 0 saturated carbocycles. The van der Waals surface area contributed by atoms with Gasteiger partial charge in [-0.2, -0.15) is 0 Å². The fourth-order valence-electron chi connectivity index (χ4n) is 2.16. The zero-order valence-electron chi connectivity index (χ0n) is 15.7. The first-order chi connectivity index (χ1) is 12.9. The Morgan fingerprint density at radius 2 is 1.78 bits per heavy atom. The van der Waals surface area contributed by atoms with Crippen molar-refractivity contribution in [2.75, 3.05) is 13.2 Å². The quantitative estimate of drug-likeness (QED) is 0.440. The molecule has 0 aromatic heterocycles. The standard InChI is InChI=1S/C21H23BrO5/c1-4-15-5-10-19(18(22)11-15)25-13-20(23)27-17-8-6-16(7-9-17)21(24)26-12-14(2)3/h5-11,14H,4,12-13H2,1-3H3. The number of ether oxygens (including phenoxy) is 3. The molecule has 0 aliphatic carbocycles. The van der Waals surface area contributed by atoms with Crippen molar-refractivity contribution in [1.29, 1.82) is 0 Å². The van der Waals surface area contributed by atoms with Crippen LogP contribution in [0.1, 0.15) is 36.7 Å². The van der Waals surface area contributed by atoms with E-state index in [1.807, 2.05) is 32.0 Å². The summed E-state index contributed by atoms with van der Waals surface area (Å²) in [6.07, 6.45) is 0.919. The van der Waals surface area contributed by atoms with E-state index in [-0.39, 0.29) is 12.5 Å². The van der Waals surface area contributed by atoms with E-state index in [4.69, 9.17) is 14.2 Å². The highest BCUT2D eigenvalue weighted by Gasteiger charge is 2.11. The monoisotopic (exact) mass is 434 g/mol. The number of halogens is 1. The van der Waals surface area contributed by atoms with E-state index < -0.39 is 11.9 Å². The summed E-state index contributed by atoms with van der Waals surface area (Å²) < 4.78 is 16.7. The summed E-state index contributed by atoms with van der Waals surface area (Å²) in [5, 5.41) is 0. The van der Waals surface area contributed by atoms with Crippen LogP contribution in [0.4, 0.5) is 0 Å². The van der Waals surface area contributed by atoms with Gasteiger partial charge in [-0.15, -0.1) is 0 Å². The van der Waals surface area contributed by atoms with Gasteiger partial charge in [0.1, 0.15) is 11.5 Å². The van der Waals surface area contributed by atoms with Gasteiger partial charge in [0, 0.05) is 0 Å². The number of esters is 2. The smallest absolute Gasteiger partial charge is 0.349 e. The highest BCUT2D eigenvalue weighted by atomic mass is 79.9. The van der Waals surface area contributed by atoms with Gasteiger partial charge >= 0.3 is 11.9 Å². The predicted octanol–water partition coefficient (Wildman–Crippen LogP) is 4.81. The maximum atomic E-state index is 12.0. The Balaban J connectivity index is 1.86. The van der Waals surface area contributed by atoms with Gasteiger partial charge < -0.3 is 14.2 Å². The molecule has 0 atom stereocenters. The lowest BCUT2D eigenvalue weighted by atomic mass is 10.2. The molecule has 5 nitrogen and oxygen atoms in total. The second kappa shape index (κ2) is 10.1. The Kier molecular flexibility index (Phi) is 7.85. The van der Waals surface area contributed by atoms with Crippen LogP contribution >= 0.6 is 15.9 Å². The fraction of sp³-hybridized carbons (Fsp3) is 0.333. The summed E-state index contributed by atoms with van der Waals surface area (Å²) in [5.41, 5.74) is 1.58. The Hall–Kier alpha value is -2.34. The van der Waals surface area contributed by atoms with Gasteiger partial charge in [0.2, 0.25) is 0 Å². The second-order valence-electron chi connectivity index (χ2n) is 6.40. The van der Waals surface area contributed by atoms with Gasteiger partial charge in [0.05, 0.1) is 16.6 Å². The molecule has 2 rings (SSSR count). The zero-order valence-corrected chi connectivity index (χ0v) is 17.2. The first kappa shape index (κ1) is 21.0. The minimum atomic E-state index is -0.531. The summed E-state index contributed by atoms with van der Waals surface area (Å²) in [4.78, 5) is 23.8. The minimum absolute atomic E-state index is 0.220. The van der Waals surface area contributed by atoms with Crippen molar-refractivity contribution in [2.24, 2.45) is 5.92 Å². The summed E-state index contributed by atoms with van der Waals surface area (Å²) in [7, 11) is 0. The van der Waals surface area contributed by atoms with Gasteiger partial charge in [-0.25, -0.2) is 9.59 Å². The highest BCUT2D eigenvalue weighted by Crippen LogP contribution is 2.26. The lowest BCUT2D eigenvalue weighted by molar-refractivity contribution is -0.136. The van der Waals surface area contributed by atoms with E-state index in [2.05, 4.69) is 22.9 Å². The number of carbonyl (C=O) groups is 2. The normalized spacial score (nSPS) is 10.6. The first-order valence-corrected chi connectivity index (χ1v) is 9.57. The van der Waals surface area contributed by atoms with Crippen LogP contribution in [-0.4, -0.2) is 25.2 Å². The SMILES string of the molecule is CCc1ccc(OCC(=O)Oc2ccc(C(=O)OCC(C)C)cc2)c(Br)c1. The average Bonchev–Trinajstić information content (AvgIpc) is 2.65. The third kappa shape index (κ3) is 6.71. The number of hydrogen-bond donors (Lipinski definition) is 0. The predicted molar refractivity (Wildman–Crippen MR) is 106 cm³/mol. The molecule has 144 valence electrons. The molecule has 27 heavy (non-hydrogen) atoms. The average molecular weight is 435 g/mol. The largest absolute Gasteiger partial charge is 0.481 e. The molecule has 2 aromatic carbocycles. The molecule has 0 radical (unpaired) electrons. The topological polar surface area (TPSA) is 61.8 Å². The number of benzene rings is 2. The molecular weight excluding hydrogens is 412 g/mol. The third-order valence-corrected chi connectivity index (χ3v) is 4.24. The number of aryl methyl sites for hydroxylation is 1. The van der Waals surface area contributed by atoms with Crippen LogP contribution in [0, 0.1) is 5.92 Å². The van der Waals surface area contributed by atoms with Crippen molar-refractivity contribution in [3.8, 4) is 11.5 Å². The highest BCUT2D eigenvalue weighted by molar-refractivity contribution is 9.10. The van der Waals surface area contributed by atoms with Crippen LogP contribution < -0.4 is 9.47 Å². The van der Waals surface area contributed by atoms with E-state index in [1.54, 1.807) is 24.3 Å². The molecule has 0 aliphatic heterocycles. The number of carbonyl (C=O) groups excluding carboxylic acids is 2. The molecule has 0 saturated heterocycles. The second-order valence-corrected chi connectivity index (χ2v) is 7.25. The van der Waals surface area contributed by atoms with Crippen molar-refractivity contribution in [3.63, 3.8) is 0 Å². The molecule has 0 aliphatic rings. The van der Waals surface area contributed by atoms with Crippen molar-refractivity contribution in [2.45, 2.75) is 27.2 Å². The van der Waals surface area contributed by atoms with Crippen LogP contribution in [-0.2, 0) is 16.0 Å². The van der Waals surface area contributed by atoms with E-state index in [0.717, 1.165) is 10.9 Å². The molecule has 0 bridgehead atoms. The summed E-state index contributed by atoms with van der Waals surface area (Å²) >= 11 is 3.43. The van der Waals surface area contributed by atoms with Crippen LogP contribution in [0.2, 0.25) is 0 Å². The van der Waals surface area contributed by atoms with Crippen LogP contribution in [0.3, 0.4) is 0 Å². The minimum Gasteiger partial charge on any atom is -0.481 e. The van der Waals surface area contributed by atoms with Crippen molar-refractivity contribution >= 4 is 27.9 Å². The van der Waals surface area contributed by atoms with Crippen LogP contribution in [0.15, 0.2) is 46.9 Å². The molecule has 0 fully saturated rings. The number of rotatable bonds is 8. The summed E-state index contributed by atoms with van der Waals surface area (Å²) in [6.45, 7) is 6.14. The van der Waals surface area contributed by atoms with Gasteiger partial charge in [0.25, 0.3) is 0 Å². The van der Waals surface area contributed by atoms with Gasteiger partial charge in [-0.1, -0.05) is 26.8 Å². The molecule has 0 amide bonds. The molecule has 0 spiro atoms. The maximum Gasteiger partial charge on any atom is 0.349 e. The molecular formula is C21H23BrO5. The maximum absolute atomic E-state index is 12.0. The summed E-state index contributed by atoms with van der Waals surface area (Å²) in [6, 6.07) is 11.9. The molecule has 0 heterocycles. The Morgan fingerprint density at radius 3 is 2.37 bits per heavy atom. The van der Waals surface area contributed by atoms with Crippen LogP contribution in [0.5, 0.6) is 11.5 Å². The molecule has 0 N–H and O–H groups in total. The van der Waals surface area contributed by atoms with Gasteiger partial charge in [-0.05, 0) is 70.2 Å². The van der Waals surface area contributed by atoms with Gasteiger partial charge in [-0.3, -0.25) is 0 Å². The molecule has 6 heteroatoms. The van der Waals surface area contributed by atoms with Crippen molar-refractivity contribution < 1.29 is 23.8 Å². The van der Waals surface area contributed by atoms with Crippen molar-refractivity contribution in [1.82, 2.24) is 0 Å². The zero-order chi connectivity index (χ0) is 19.8. The molecule has 0 unspecified atom stereocenters. The third-order valence-electron chi connectivity index (χ3n) is 3.62. The summed E-state index contributed by atoms with van der Waals surface area (Å²) in [5.74, 6) is 0.256.